The molecular weight excluding hydrogens is 522 g/mol. The Bertz CT molecular complexity index is 1260. The van der Waals surface area contributed by atoms with Crippen LogP contribution in [0.1, 0.15) is 13.8 Å². The molecule has 0 saturated carbocycles. The molecule has 1 atom stereocenters. The van der Waals surface area contributed by atoms with Crippen molar-refractivity contribution >= 4 is 27.5 Å². The number of aliphatic hydroxyl groups is 1. The first-order chi connectivity index (χ1) is 17.2. The van der Waals surface area contributed by atoms with E-state index in [0.717, 1.165) is 28.6 Å². The first kappa shape index (κ1) is 26.9. The lowest BCUT2D eigenvalue weighted by molar-refractivity contribution is -0.242. The molecule has 9 nitrogen and oxygen atoms in total. The van der Waals surface area contributed by atoms with Crippen molar-refractivity contribution in [1.29, 1.82) is 0 Å². The average molecular weight is 548 g/mol. The molecule has 4 rings (SSSR count). The van der Waals surface area contributed by atoms with E-state index in [2.05, 4.69) is 10.1 Å². The minimum atomic E-state index is -4.81. The third-order valence-corrected chi connectivity index (χ3v) is 7.76. The molecular formula is C23H25F4N3O6S. The number of fused-ring (bicyclic) bond motifs is 1. The number of aliphatic hydroxyl groups excluding tert-OH is 1. The quantitative estimate of drug-likeness (QED) is 0.534. The fraction of sp³-hybridized carbons (Fsp3) is 0.435. The molecule has 2 aromatic carbocycles. The number of sulfonamides is 1. The summed E-state index contributed by atoms with van der Waals surface area (Å²) >= 11 is 0. The van der Waals surface area contributed by atoms with Gasteiger partial charge in [0.1, 0.15) is 17.7 Å². The lowest BCUT2D eigenvalue weighted by Gasteiger charge is -2.41. The fourth-order valence-corrected chi connectivity index (χ4v) is 5.36. The fourth-order valence-electron chi connectivity index (χ4n) is 3.86. The number of anilines is 2. The summed E-state index contributed by atoms with van der Waals surface area (Å²) in [6, 6.07) is 8.18. The van der Waals surface area contributed by atoms with E-state index < -0.39 is 45.9 Å². The van der Waals surface area contributed by atoms with Crippen molar-refractivity contribution < 1.29 is 45.4 Å². The van der Waals surface area contributed by atoms with Crippen LogP contribution in [0.25, 0.3) is 0 Å². The van der Waals surface area contributed by atoms with Crippen LogP contribution in [-0.2, 0) is 14.8 Å². The third kappa shape index (κ3) is 5.75. The second-order valence-corrected chi connectivity index (χ2v) is 11.2. The number of ether oxygens (including phenoxy) is 2. The number of likely N-dealkylation sites (tertiary alicyclic amines) is 1. The number of nitrogens with zero attached hydrogens (tertiary/aromatic N) is 2. The van der Waals surface area contributed by atoms with E-state index in [9.17, 15) is 35.9 Å². The van der Waals surface area contributed by atoms with Crippen LogP contribution < -0.4 is 14.4 Å². The molecule has 2 heterocycles. The maximum absolute atomic E-state index is 13.5. The molecule has 2 N–H and O–H groups in total. The summed E-state index contributed by atoms with van der Waals surface area (Å²) in [6.45, 7) is 2.40. The van der Waals surface area contributed by atoms with Crippen molar-refractivity contribution in [3.8, 4) is 5.75 Å². The normalized spacial score (nSPS) is 19.0. The van der Waals surface area contributed by atoms with Gasteiger partial charge in [0.25, 0.3) is 10.0 Å². The van der Waals surface area contributed by atoms with E-state index in [4.69, 9.17) is 4.74 Å². The first-order valence-corrected chi connectivity index (χ1v) is 12.7. The predicted molar refractivity (Wildman–Crippen MR) is 124 cm³/mol. The Balaban J connectivity index is 1.63. The molecule has 14 heteroatoms. The number of halogens is 4. The molecule has 2 aliphatic heterocycles. The van der Waals surface area contributed by atoms with Gasteiger partial charge in [-0.2, -0.15) is 13.2 Å². The summed E-state index contributed by atoms with van der Waals surface area (Å²) < 4.78 is 91.2. The second-order valence-electron chi connectivity index (χ2n) is 9.31. The van der Waals surface area contributed by atoms with Gasteiger partial charge in [-0.1, -0.05) is 0 Å². The second kappa shape index (κ2) is 9.65. The zero-order chi connectivity index (χ0) is 27.2. The van der Waals surface area contributed by atoms with Crippen LogP contribution in [0.4, 0.5) is 33.7 Å². The van der Waals surface area contributed by atoms with E-state index in [0.29, 0.717) is 33.5 Å². The highest BCUT2D eigenvalue weighted by Crippen LogP contribution is 2.40. The van der Waals surface area contributed by atoms with Crippen molar-refractivity contribution in [2.24, 2.45) is 0 Å². The van der Waals surface area contributed by atoms with Crippen LogP contribution >= 0.6 is 0 Å². The number of benzene rings is 2. The van der Waals surface area contributed by atoms with Gasteiger partial charge in [-0.15, -0.1) is 0 Å². The monoisotopic (exact) mass is 547 g/mol. The molecule has 1 unspecified atom stereocenters. The maximum Gasteiger partial charge on any atom is 0.427 e. The van der Waals surface area contributed by atoms with Gasteiger partial charge in [0.15, 0.2) is 0 Å². The minimum Gasteiger partial charge on any atom is -0.485 e. The molecule has 0 spiro atoms. The molecule has 0 aromatic heterocycles. The van der Waals surface area contributed by atoms with Gasteiger partial charge in [-0.25, -0.2) is 17.6 Å². The molecule has 0 bridgehead atoms. The molecule has 2 aromatic rings. The first-order valence-electron chi connectivity index (χ1n) is 11.2. The number of hydrogen-bond acceptors (Lipinski definition) is 7. The van der Waals surface area contributed by atoms with Crippen LogP contribution in [0.2, 0.25) is 0 Å². The number of hydrogen-bond donors (Lipinski definition) is 2. The number of carbonyl (C=O) groups is 1. The van der Waals surface area contributed by atoms with Crippen LogP contribution in [-0.4, -0.2) is 74.7 Å². The standard InChI is InChI=1S/C23H25F4N3O6S/c1-22(2,23(25,26)27)36-21(32)28-15-5-8-20-19(9-15)30(13-17(35-20)12-29-10-16(31)11-29)37(33,34)18-6-3-14(24)4-7-18/h3-9,16-17,31H,10-13H2,1-2H3,(H,28,32). The molecule has 0 radical (unpaired) electrons. The number of rotatable bonds is 6. The third-order valence-electron chi connectivity index (χ3n) is 5.97. The molecule has 1 saturated heterocycles. The van der Waals surface area contributed by atoms with Gasteiger partial charge in [-0.3, -0.25) is 14.5 Å². The molecule has 0 aliphatic carbocycles. The van der Waals surface area contributed by atoms with Gasteiger partial charge in [0.05, 0.1) is 23.2 Å². The molecule has 1 amide bonds. The highest BCUT2D eigenvalue weighted by Gasteiger charge is 2.51. The maximum atomic E-state index is 13.5. The van der Waals surface area contributed by atoms with Gasteiger partial charge < -0.3 is 14.6 Å². The Kier molecular flexibility index (Phi) is 7.03. The van der Waals surface area contributed by atoms with Crippen molar-refractivity contribution in [1.82, 2.24) is 4.90 Å². The van der Waals surface area contributed by atoms with Crippen LogP contribution in [0, 0.1) is 5.82 Å². The summed E-state index contributed by atoms with van der Waals surface area (Å²) in [4.78, 5) is 13.9. The lowest BCUT2D eigenvalue weighted by atomic mass is 10.1. The van der Waals surface area contributed by atoms with Crippen molar-refractivity contribution in [3.05, 3.63) is 48.3 Å². The van der Waals surface area contributed by atoms with Crippen molar-refractivity contribution in [2.75, 3.05) is 35.8 Å². The molecule has 1 fully saturated rings. The lowest BCUT2D eigenvalue weighted by Crippen LogP contribution is -2.56. The Hall–Kier alpha value is -3.10. The Morgan fingerprint density at radius 2 is 1.78 bits per heavy atom. The molecule has 202 valence electrons. The summed E-state index contributed by atoms with van der Waals surface area (Å²) in [7, 11) is -4.23. The molecule has 37 heavy (non-hydrogen) atoms. The number of nitrogens with one attached hydrogen (secondary N) is 1. The Labute approximate surface area is 210 Å². The zero-order valence-electron chi connectivity index (χ0n) is 19.8. The Morgan fingerprint density at radius 1 is 1.14 bits per heavy atom. The number of carbonyl (C=O) groups excluding carboxylic acids is 1. The van der Waals surface area contributed by atoms with Gasteiger partial charge in [-0.05, 0) is 56.3 Å². The van der Waals surface area contributed by atoms with Gasteiger partial charge >= 0.3 is 12.3 Å². The summed E-state index contributed by atoms with van der Waals surface area (Å²) in [5, 5.41) is 11.7. The highest BCUT2D eigenvalue weighted by atomic mass is 32.2. The summed E-state index contributed by atoms with van der Waals surface area (Å²) in [5.41, 5.74) is -2.77. The zero-order valence-corrected chi connectivity index (χ0v) is 20.6. The number of β-amino-alcohol motifs (C(OH)–C–C–N with tert-alkyl or cyclic N) is 1. The largest absolute Gasteiger partial charge is 0.485 e. The van der Waals surface area contributed by atoms with Crippen LogP contribution in [0.15, 0.2) is 47.4 Å². The minimum absolute atomic E-state index is 0.0251. The number of alkyl halides is 3. The topological polar surface area (TPSA) is 108 Å². The van der Waals surface area contributed by atoms with E-state index in [1.165, 1.54) is 18.2 Å². The van der Waals surface area contributed by atoms with Crippen LogP contribution in [0.5, 0.6) is 5.75 Å². The van der Waals surface area contributed by atoms with E-state index in [1.807, 2.05) is 4.90 Å². The van der Waals surface area contributed by atoms with Crippen LogP contribution in [0.3, 0.4) is 0 Å². The summed E-state index contributed by atoms with van der Waals surface area (Å²) in [5.74, 6) is -0.472. The predicted octanol–water partition coefficient (Wildman–Crippen LogP) is 3.35. The van der Waals surface area contributed by atoms with Gasteiger partial charge in [0.2, 0.25) is 5.60 Å². The smallest absolute Gasteiger partial charge is 0.427 e. The highest BCUT2D eigenvalue weighted by molar-refractivity contribution is 7.92. The van der Waals surface area contributed by atoms with E-state index in [1.54, 1.807) is 0 Å². The van der Waals surface area contributed by atoms with E-state index >= 15 is 0 Å². The van der Waals surface area contributed by atoms with Crippen molar-refractivity contribution in [2.45, 2.75) is 42.7 Å². The Morgan fingerprint density at radius 3 is 2.38 bits per heavy atom. The number of amides is 1. The van der Waals surface area contributed by atoms with Gasteiger partial charge in [0, 0.05) is 25.3 Å². The average Bonchev–Trinajstić information content (AvgIpc) is 2.76. The van der Waals surface area contributed by atoms with Crippen molar-refractivity contribution in [3.63, 3.8) is 0 Å². The molecule has 2 aliphatic rings. The SMILES string of the molecule is CC(C)(OC(=O)Nc1ccc2c(c1)N(S(=O)(=O)c1ccc(F)cc1)CC(CN1CC(O)C1)O2)C(F)(F)F. The van der Waals surface area contributed by atoms with E-state index in [-0.39, 0.29) is 28.6 Å². The summed E-state index contributed by atoms with van der Waals surface area (Å²) in [6.07, 6.45) is -7.28.